The van der Waals surface area contributed by atoms with E-state index in [-0.39, 0.29) is 27.6 Å². The van der Waals surface area contributed by atoms with Gasteiger partial charge in [-0.1, -0.05) is 36.4 Å². The van der Waals surface area contributed by atoms with E-state index in [0.717, 1.165) is 9.87 Å². The van der Waals surface area contributed by atoms with Crippen LogP contribution >= 0.6 is 0 Å². The predicted octanol–water partition coefficient (Wildman–Crippen LogP) is 4.36. The van der Waals surface area contributed by atoms with Gasteiger partial charge in [0.2, 0.25) is 0 Å². The molecule has 0 unspecified atom stereocenters. The summed E-state index contributed by atoms with van der Waals surface area (Å²) >= 11 is 0. The maximum absolute atomic E-state index is 13.8. The molecule has 0 heterocycles. The Labute approximate surface area is 176 Å². The van der Waals surface area contributed by atoms with Crippen LogP contribution in [0.3, 0.4) is 0 Å². The highest BCUT2D eigenvalue weighted by Gasteiger charge is 2.35. The van der Waals surface area contributed by atoms with Gasteiger partial charge in [-0.05, 0) is 55.3 Å². The number of ether oxygens (including phenoxy) is 2. The normalized spacial score (nSPS) is 11.1. The van der Waals surface area contributed by atoms with Crippen molar-refractivity contribution in [2.24, 2.45) is 0 Å². The number of rotatable bonds is 6. The third-order valence-electron chi connectivity index (χ3n) is 4.69. The van der Waals surface area contributed by atoms with Crippen molar-refractivity contribution in [2.45, 2.75) is 18.7 Å². The van der Waals surface area contributed by atoms with E-state index in [1.54, 1.807) is 55.5 Å². The zero-order chi connectivity index (χ0) is 21.9. The molecule has 0 aliphatic carbocycles. The van der Waals surface area contributed by atoms with Gasteiger partial charge in [0.05, 0.1) is 24.8 Å². The lowest BCUT2D eigenvalue weighted by Gasteiger charge is -2.26. The van der Waals surface area contributed by atoms with E-state index in [1.165, 1.54) is 26.4 Å². The third-order valence-corrected chi connectivity index (χ3v) is 6.40. The number of carbonyl (C=O) groups excluding carboxylic acids is 1. The molecule has 0 atom stereocenters. The van der Waals surface area contributed by atoms with Gasteiger partial charge in [-0.25, -0.2) is 8.42 Å². The molecule has 0 fully saturated rings. The molecule has 7 heteroatoms. The number of aryl methyl sites for hydroxylation is 2. The Bertz CT molecular complexity index is 1150. The fourth-order valence-electron chi connectivity index (χ4n) is 3.15. The summed E-state index contributed by atoms with van der Waals surface area (Å²) in [7, 11) is -1.39. The Morgan fingerprint density at radius 3 is 2.00 bits per heavy atom. The highest BCUT2D eigenvalue weighted by molar-refractivity contribution is 7.93. The molecule has 3 aromatic carbocycles. The van der Waals surface area contributed by atoms with Crippen molar-refractivity contribution in [3.63, 3.8) is 0 Å². The molecule has 156 valence electrons. The van der Waals surface area contributed by atoms with Gasteiger partial charge in [-0.15, -0.1) is 0 Å². The SMILES string of the molecule is COc1cccc(OC)c1C(=O)N(c1cc(C)ccc1C)S(=O)(=O)c1ccccc1. The molecule has 6 nitrogen and oxygen atoms in total. The highest BCUT2D eigenvalue weighted by Crippen LogP contribution is 2.35. The Kier molecular flexibility index (Phi) is 6.12. The molecule has 0 aliphatic rings. The van der Waals surface area contributed by atoms with Crippen LogP contribution in [0.1, 0.15) is 21.5 Å². The number of sulfonamides is 1. The summed E-state index contributed by atoms with van der Waals surface area (Å²) in [5.41, 5.74) is 1.77. The summed E-state index contributed by atoms with van der Waals surface area (Å²) in [4.78, 5) is 13.8. The summed E-state index contributed by atoms with van der Waals surface area (Å²) in [6.45, 7) is 3.60. The number of nitrogens with zero attached hydrogens (tertiary/aromatic N) is 1. The Morgan fingerprint density at radius 2 is 1.43 bits per heavy atom. The van der Waals surface area contributed by atoms with Crippen LogP contribution in [0.2, 0.25) is 0 Å². The van der Waals surface area contributed by atoms with Gasteiger partial charge >= 0.3 is 0 Å². The maximum atomic E-state index is 13.8. The molecular weight excluding hydrogens is 402 g/mol. The molecule has 0 aromatic heterocycles. The number of carbonyl (C=O) groups is 1. The molecule has 3 aromatic rings. The molecule has 0 radical (unpaired) electrons. The van der Waals surface area contributed by atoms with Crippen molar-refractivity contribution in [2.75, 3.05) is 18.5 Å². The quantitative estimate of drug-likeness (QED) is 0.587. The standard InChI is InChI=1S/C23H23NO5S/c1-16-13-14-17(2)19(15-16)24(30(26,27)18-9-6-5-7-10-18)23(25)22-20(28-3)11-8-12-21(22)29-4/h5-15H,1-4H3. The zero-order valence-electron chi connectivity index (χ0n) is 17.2. The Balaban J connectivity index is 2.32. The minimum Gasteiger partial charge on any atom is -0.496 e. The number of benzene rings is 3. The van der Waals surface area contributed by atoms with Crippen molar-refractivity contribution < 1.29 is 22.7 Å². The van der Waals surface area contributed by atoms with Crippen LogP contribution in [-0.2, 0) is 10.0 Å². The van der Waals surface area contributed by atoms with E-state index in [2.05, 4.69) is 0 Å². The Morgan fingerprint density at radius 1 is 0.833 bits per heavy atom. The Hall–Kier alpha value is -3.32. The maximum Gasteiger partial charge on any atom is 0.279 e. The van der Waals surface area contributed by atoms with Gasteiger partial charge in [0, 0.05) is 0 Å². The lowest BCUT2D eigenvalue weighted by Crippen LogP contribution is -2.38. The van der Waals surface area contributed by atoms with Gasteiger partial charge in [-0.2, -0.15) is 4.31 Å². The molecule has 0 aliphatic heterocycles. The third kappa shape index (κ3) is 3.89. The molecular formula is C23H23NO5S. The van der Waals surface area contributed by atoms with Crippen molar-refractivity contribution in [3.8, 4) is 11.5 Å². The number of hydrogen-bond donors (Lipinski definition) is 0. The molecule has 0 spiro atoms. The fraction of sp³-hybridized carbons (Fsp3) is 0.174. The van der Waals surface area contributed by atoms with Crippen LogP contribution in [0.15, 0.2) is 71.6 Å². The minimum absolute atomic E-state index is 0.00752. The van der Waals surface area contributed by atoms with Gasteiger partial charge in [-0.3, -0.25) is 4.79 Å². The predicted molar refractivity (Wildman–Crippen MR) is 116 cm³/mol. The van der Waals surface area contributed by atoms with Crippen molar-refractivity contribution >= 4 is 21.6 Å². The van der Waals surface area contributed by atoms with Crippen LogP contribution in [0.4, 0.5) is 5.69 Å². The van der Waals surface area contributed by atoms with Gasteiger partial charge in [0.1, 0.15) is 17.1 Å². The summed E-state index contributed by atoms with van der Waals surface area (Å²) in [6, 6.07) is 18.0. The van der Waals surface area contributed by atoms with E-state index < -0.39 is 15.9 Å². The van der Waals surface area contributed by atoms with Crippen LogP contribution in [0.5, 0.6) is 11.5 Å². The number of anilines is 1. The number of hydrogen-bond acceptors (Lipinski definition) is 5. The average molecular weight is 426 g/mol. The summed E-state index contributed by atoms with van der Waals surface area (Å²) in [5, 5.41) is 0. The van der Waals surface area contributed by atoms with E-state index in [4.69, 9.17) is 9.47 Å². The fourth-order valence-corrected chi connectivity index (χ4v) is 4.62. The second-order valence-electron chi connectivity index (χ2n) is 6.72. The van der Waals surface area contributed by atoms with Crippen molar-refractivity contribution in [3.05, 3.63) is 83.4 Å². The van der Waals surface area contributed by atoms with Crippen LogP contribution in [0, 0.1) is 13.8 Å². The first-order valence-corrected chi connectivity index (χ1v) is 10.7. The van der Waals surface area contributed by atoms with Gasteiger partial charge < -0.3 is 9.47 Å². The summed E-state index contributed by atoms with van der Waals surface area (Å²) in [5.74, 6) is -0.322. The zero-order valence-corrected chi connectivity index (χ0v) is 18.1. The van der Waals surface area contributed by atoms with Crippen LogP contribution < -0.4 is 13.8 Å². The second-order valence-corrected chi connectivity index (χ2v) is 8.50. The smallest absolute Gasteiger partial charge is 0.279 e. The van der Waals surface area contributed by atoms with E-state index in [0.29, 0.717) is 5.56 Å². The molecule has 0 bridgehead atoms. The molecule has 30 heavy (non-hydrogen) atoms. The topological polar surface area (TPSA) is 72.9 Å². The molecule has 3 rings (SSSR count). The monoisotopic (exact) mass is 425 g/mol. The molecule has 0 saturated carbocycles. The van der Waals surface area contributed by atoms with Crippen molar-refractivity contribution in [1.82, 2.24) is 0 Å². The van der Waals surface area contributed by atoms with E-state index >= 15 is 0 Å². The largest absolute Gasteiger partial charge is 0.496 e. The van der Waals surface area contributed by atoms with E-state index in [1.807, 2.05) is 13.0 Å². The molecule has 1 amide bonds. The highest BCUT2D eigenvalue weighted by atomic mass is 32.2. The number of amides is 1. The lowest BCUT2D eigenvalue weighted by molar-refractivity contribution is 0.0999. The van der Waals surface area contributed by atoms with Gasteiger partial charge in [0.15, 0.2) is 0 Å². The van der Waals surface area contributed by atoms with E-state index in [9.17, 15) is 13.2 Å². The average Bonchev–Trinajstić information content (AvgIpc) is 2.76. The van der Waals surface area contributed by atoms with Crippen LogP contribution in [0.25, 0.3) is 0 Å². The van der Waals surface area contributed by atoms with Crippen LogP contribution in [-0.4, -0.2) is 28.5 Å². The first-order valence-electron chi connectivity index (χ1n) is 9.24. The molecule has 0 N–H and O–H groups in total. The first-order chi connectivity index (χ1) is 14.3. The minimum atomic E-state index is -4.22. The number of methoxy groups -OCH3 is 2. The summed E-state index contributed by atoms with van der Waals surface area (Å²) in [6.07, 6.45) is 0. The first kappa shape index (κ1) is 21.4. The van der Waals surface area contributed by atoms with Gasteiger partial charge in [0.25, 0.3) is 15.9 Å². The summed E-state index contributed by atoms with van der Waals surface area (Å²) < 4.78 is 38.8. The lowest BCUT2D eigenvalue weighted by atomic mass is 10.1. The van der Waals surface area contributed by atoms with Crippen molar-refractivity contribution in [1.29, 1.82) is 0 Å². The second kappa shape index (κ2) is 8.59. The molecule has 0 saturated heterocycles.